The zero-order chi connectivity index (χ0) is 24.1. The number of aromatic nitrogens is 3. The van der Waals surface area contributed by atoms with E-state index in [4.69, 9.17) is 17.7 Å². The monoisotopic (exact) mass is 473 g/mol. The molecule has 0 spiro atoms. The summed E-state index contributed by atoms with van der Waals surface area (Å²) in [5.41, 5.74) is 1.96. The third-order valence-corrected chi connectivity index (χ3v) is 3.96. The predicted octanol–water partition coefficient (Wildman–Crippen LogP) is 4.02. The molecule has 0 aliphatic rings. The number of benzene rings is 1. The Morgan fingerprint density at radius 2 is 1.78 bits per heavy atom. The van der Waals surface area contributed by atoms with Crippen molar-refractivity contribution in [3.63, 3.8) is 0 Å². The summed E-state index contributed by atoms with van der Waals surface area (Å²) in [6, 6.07) is 9.05. The Labute approximate surface area is 183 Å². The third-order valence-electron chi connectivity index (χ3n) is 3.96. The van der Waals surface area contributed by atoms with Crippen LogP contribution >= 0.6 is 0 Å². The second kappa shape index (κ2) is 10.1. The van der Waals surface area contributed by atoms with E-state index in [1.165, 1.54) is 0 Å². The van der Waals surface area contributed by atoms with Crippen LogP contribution in [0.4, 0.5) is 13.2 Å². The molecule has 0 bridgehead atoms. The minimum absolute atomic E-state index is 0.110. The third kappa shape index (κ3) is 7.31. The first-order valence-corrected chi connectivity index (χ1v) is 11.2. The highest BCUT2D eigenvalue weighted by Gasteiger charge is 2.38. The average molecular weight is 473 g/mol. The standard InChI is InChI=1S/C19H19F3N3O2.CH4O3S/c1-4-8-25-9-6-5-7-15(25)26-16-12(2)10-14(11-13(16)3)17-23-18(27-24-17)19(20,21)22;1-5(2,3)4/h5-7,9-11H,4,8H2,1-3H3;1H3,(H,2,3,4)/q+1;/p-1. The summed E-state index contributed by atoms with van der Waals surface area (Å²) in [7, 11) is -3.92. The SMILES string of the molecule is CCC[n+]1ccccc1Oc1c(C)cc(-c2noc(C(F)(F)F)n2)cc1C.CS(=O)(=O)[O-]. The smallest absolute Gasteiger partial charge is 0.471 e. The molecule has 12 heteroatoms. The number of rotatable bonds is 5. The van der Waals surface area contributed by atoms with Crippen molar-refractivity contribution >= 4 is 10.1 Å². The first-order chi connectivity index (χ1) is 14.8. The number of alkyl halides is 3. The molecular weight excluding hydrogens is 451 g/mol. The van der Waals surface area contributed by atoms with Crippen LogP contribution in [0.25, 0.3) is 11.4 Å². The summed E-state index contributed by atoms with van der Waals surface area (Å²) in [5, 5.41) is 3.44. The van der Waals surface area contributed by atoms with Gasteiger partial charge in [0.15, 0.2) is 12.7 Å². The van der Waals surface area contributed by atoms with E-state index in [1.807, 2.05) is 42.8 Å². The van der Waals surface area contributed by atoms with E-state index in [2.05, 4.69) is 21.6 Å². The zero-order valence-corrected chi connectivity index (χ0v) is 18.6. The van der Waals surface area contributed by atoms with Gasteiger partial charge in [-0.1, -0.05) is 12.1 Å². The Hall–Kier alpha value is -2.99. The number of ether oxygens (including phenoxy) is 1. The maximum absolute atomic E-state index is 12.7. The molecule has 0 unspecified atom stereocenters. The van der Waals surface area contributed by atoms with Crippen LogP contribution in [-0.2, 0) is 22.8 Å². The lowest BCUT2D eigenvalue weighted by atomic mass is 10.1. The Morgan fingerprint density at radius 1 is 1.19 bits per heavy atom. The van der Waals surface area contributed by atoms with Crippen LogP contribution in [0.3, 0.4) is 0 Å². The van der Waals surface area contributed by atoms with Gasteiger partial charge >= 0.3 is 17.9 Å². The van der Waals surface area contributed by atoms with Gasteiger partial charge < -0.3 is 13.8 Å². The van der Waals surface area contributed by atoms with E-state index in [-0.39, 0.29) is 5.82 Å². The van der Waals surface area contributed by atoms with Crippen LogP contribution in [-0.4, -0.2) is 29.4 Å². The van der Waals surface area contributed by atoms with E-state index >= 15 is 0 Å². The number of hydrogen-bond donors (Lipinski definition) is 0. The topological polar surface area (TPSA) is 109 Å². The highest BCUT2D eigenvalue weighted by atomic mass is 32.2. The summed E-state index contributed by atoms with van der Waals surface area (Å²) in [6.45, 7) is 6.54. The van der Waals surface area contributed by atoms with Crippen molar-refractivity contribution in [2.75, 3.05) is 6.26 Å². The molecule has 0 fully saturated rings. The molecule has 2 heterocycles. The maximum Gasteiger partial charge on any atom is 0.471 e. The van der Waals surface area contributed by atoms with Crippen LogP contribution in [0.1, 0.15) is 30.4 Å². The van der Waals surface area contributed by atoms with Crippen LogP contribution in [0.2, 0.25) is 0 Å². The molecule has 0 aliphatic carbocycles. The van der Waals surface area contributed by atoms with Crippen molar-refractivity contribution in [2.45, 2.75) is 39.9 Å². The van der Waals surface area contributed by atoms with E-state index in [0.717, 1.165) is 24.1 Å². The largest absolute Gasteiger partial charge is 0.748 e. The molecule has 2 aromatic heterocycles. The van der Waals surface area contributed by atoms with Crippen molar-refractivity contribution in [1.82, 2.24) is 10.1 Å². The number of nitrogens with zero attached hydrogens (tertiary/aromatic N) is 3. The van der Waals surface area contributed by atoms with Gasteiger partial charge in [-0.3, -0.25) is 0 Å². The van der Waals surface area contributed by atoms with Gasteiger partial charge in [0.25, 0.3) is 0 Å². The predicted molar refractivity (Wildman–Crippen MR) is 107 cm³/mol. The lowest BCUT2D eigenvalue weighted by Gasteiger charge is -2.12. The minimum Gasteiger partial charge on any atom is -0.748 e. The fraction of sp³-hybridized carbons (Fsp3) is 0.350. The molecule has 174 valence electrons. The molecular formula is C20H22F3N3O5S. The summed E-state index contributed by atoms with van der Waals surface area (Å²) in [4.78, 5) is 3.44. The van der Waals surface area contributed by atoms with Crippen LogP contribution in [0.5, 0.6) is 11.6 Å². The van der Waals surface area contributed by atoms with Gasteiger partial charge in [0.2, 0.25) is 5.82 Å². The Morgan fingerprint density at radius 3 is 2.28 bits per heavy atom. The van der Waals surface area contributed by atoms with E-state index in [1.54, 1.807) is 12.1 Å². The first-order valence-electron chi connectivity index (χ1n) is 9.39. The van der Waals surface area contributed by atoms with Gasteiger partial charge in [-0.2, -0.15) is 22.7 Å². The number of aryl methyl sites for hydroxylation is 3. The van der Waals surface area contributed by atoms with Gasteiger partial charge in [0.05, 0.1) is 16.2 Å². The lowest BCUT2D eigenvalue weighted by Crippen LogP contribution is -2.34. The summed E-state index contributed by atoms with van der Waals surface area (Å²) >= 11 is 0. The average Bonchev–Trinajstić information content (AvgIpc) is 3.15. The number of halogens is 3. The normalized spacial score (nSPS) is 11.6. The molecule has 3 aromatic rings. The van der Waals surface area contributed by atoms with Gasteiger partial charge in [-0.15, -0.1) is 0 Å². The zero-order valence-electron chi connectivity index (χ0n) is 17.8. The van der Waals surface area contributed by atoms with Crippen molar-refractivity contribution in [1.29, 1.82) is 0 Å². The molecule has 32 heavy (non-hydrogen) atoms. The molecule has 3 rings (SSSR count). The summed E-state index contributed by atoms with van der Waals surface area (Å²) in [5.74, 6) is -0.134. The van der Waals surface area contributed by atoms with E-state index in [9.17, 15) is 13.2 Å². The van der Waals surface area contributed by atoms with Gasteiger partial charge in [0, 0.05) is 24.3 Å². The molecule has 0 amide bonds. The number of hydrogen-bond acceptors (Lipinski definition) is 7. The first kappa shape index (κ1) is 25.3. The second-order valence-corrected chi connectivity index (χ2v) is 8.31. The molecule has 0 aliphatic heterocycles. The maximum atomic E-state index is 12.7. The van der Waals surface area contributed by atoms with E-state index in [0.29, 0.717) is 23.4 Å². The fourth-order valence-electron chi connectivity index (χ4n) is 2.78. The van der Waals surface area contributed by atoms with E-state index < -0.39 is 22.2 Å². The Bertz CT molecular complexity index is 1150. The number of pyridine rings is 1. The molecule has 8 nitrogen and oxygen atoms in total. The highest BCUT2D eigenvalue weighted by Crippen LogP contribution is 2.33. The summed E-state index contributed by atoms with van der Waals surface area (Å²) < 4.78 is 77.6. The molecule has 0 radical (unpaired) electrons. The van der Waals surface area contributed by atoms with Crippen molar-refractivity contribution in [3.05, 3.63) is 53.5 Å². The molecule has 0 saturated heterocycles. The van der Waals surface area contributed by atoms with Crippen LogP contribution < -0.4 is 9.30 Å². The highest BCUT2D eigenvalue weighted by molar-refractivity contribution is 7.84. The Balaban J connectivity index is 0.000000654. The second-order valence-electron chi connectivity index (χ2n) is 6.90. The van der Waals surface area contributed by atoms with Crippen LogP contribution in [0.15, 0.2) is 41.1 Å². The summed E-state index contributed by atoms with van der Waals surface area (Å²) in [6.07, 6.45) is -1.16. The molecule has 1 aromatic carbocycles. The van der Waals surface area contributed by atoms with Crippen molar-refractivity contribution in [3.8, 4) is 23.0 Å². The molecule has 0 atom stereocenters. The minimum atomic E-state index is -4.67. The van der Waals surface area contributed by atoms with Crippen LogP contribution in [0, 0.1) is 13.8 Å². The van der Waals surface area contributed by atoms with Crippen molar-refractivity contribution < 1.29 is 40.0 Å². The molecule has 0 saturated carbocycles. The lowest BCUT2D eigenvalue weighted by molar-refractivity contribution is -0.700. The quantitative estimate of drug-likeness (QED) is 0.407. The Kier molecular flexibility index (Phi) is 7.97. The van der Waals surface area contributed by atoms with Gasteiger partial charge in [-0.05, 0) is 43.2 Å². The molecule has 0 N–H and O–H groups in total. The van der Waals surface area contributed by atoms with Gasteiger partial charge in [-0.25, -0.2) is 8.42 Å². The van der Waals surface area contributed by atoms with Gasteiger partial charge in [0.1, 0.15) is 5.75 Å². The van der Waals surface area contributed by atoms with Crippen molar-refractivity contribution in [2.24, 2.45) is 0 Å². The fourth-order valence-corrected chi connectivity index (χ4v) is 2.78.